The van der Waals surface area contributed by atoms with Crippen molar-refractivity contribution in [2.45, 2.75) is 12.5 Å². The Balaban J connectivity index is 3.61. The number of amides is 1. The van der Waals surface area contributed by atoms with Crippen molar-refractivity contribution in [2.75, 3.05) is 18.9 Å². The largest absolute Gasteiger partial charge is 0.394 e. The minimum absolute atomic E-state index is 0.0896. The third-order valence-corrected chi connectivity index (χ3v) is 2.22. The summed E-state index contributed by atoms with van der Waals surface area (Å²) < 4.78 is 28.8. The molecule has 0 bridgehead atoms. The number of hydrogen-bond donors (Lipinski definition) is 4. The number of carbonyl (C=O) groups is 1. The monoisotopic (exact) mass is 226 g/mol. The SMILES string of the molecule is N[C@@H](CO)C(=O)NCCCS(=O)(=O)O. The topological polar surface area (TPSA) is 130 Å². The molecule has 84 valence electrons. The van der Waals surface area contributed by atoms with Gasteiger partial charge < -0.3 is 16.2 Å². The van der Waals surface area contributed by atoms with Crippen LogP contribution in [0.4, 0.5) is 0 Å². The van der Waals surface area contributed by atoms with E-state index >= 15 is 0 Å². The molecule has 14 heavy (non-hydrogen) atoms. The first-order valence-corrected chi connectivity index (χ1v) is 5.57. The Labute approximate surface area is 82.0 Å². The molecule has 0 heterocycles. The molecule has 1 atom stereocenters. The van der Waals surface area contributed by atoms with Gasteiger partial charge in [-0.2, -0.15) is 8.42 Å². The average Bonchev–Trinajstić information content (AvgIpc) is 2.09. The van der Waals surface area contributed by atoms with Gasteiger partial charge in [0.05, 0.1) is 12.4 Å². The molecule has 7 nitrogen and oxygen atoms in total. The molecular formula is C6H14N2O5S. The van der Waals surface area contributed by atoms with Crippen LogP contribution in [0.25, 0.3) is 0 Å². The third-order valence-electron chi connectivity index (χ3n) is 1.41. The Kier molecular flexibility index (Phi) is 5.62. The minimum Gasteiger partial charge on any atom is -0.394 e. The molecule has 0 spiro atoms. The van der Waals surface area contributed by atoms with Crippen molar-refractivity contribution in [3.8, 4) is 0 Å². The Morgan fingerprint density at radius 1 is 1.50 bits per heavy atom. The highest BCUT2D eigenvalue weighted by atomic mass is 32.2. The van der Waals surface area contributed by atoms with Gasteiger partial charge in [-0.15, -0.1) is 0 Å². The van der Waals surface area contributed by atoms with Crippen molar-refractivity contribution in [2.24, 2.45) is 5.73 Å². The van der Waals surface area contributed by atoms with Crippen LogP contribution >= 0.6 is 0 Å². The second-order valence-electron chi connectivity index (χ2n) is 2.72. The van der Waals surface area contributed by atoms with E-state index in [-0.39, 0.29) is 13.0 Å². The molecule has 0 radical (unpaired) electrons. The predicted octanol–water partition coefficient (Wildman–Crippen LogP) is -2.30. The number of rotatable bonds is 6. The number of carbonyl (C=O) groups excluding carboxylic acids is 1. The van der Waals surface area contributed by atoms with Gasteiger partial charge in [-0.05, 0) is 6.42 Å². The van der Waals surface area contributed by atoms with Gasteiger partial charge in [0.15, 0.2) is 0 Å². The van der Waals surface area contributed by atoms with Gasteiger partial charge in [-0.1, -0.05) is 0 Å². The third kappa shape index (κ3) is 6.78. The normalized spacial score (nSPS) is 13.6. The lowest BCUT2D eigenvalue weighted by atomic mass is 10.3. The quantitative estimate of drug-likeness (QED) is 0.298. The molecular weight excluding hydrogens is 212 g/mol. The summed E-state index contributed by atoms with van der Waals surface area (Å²) in [4.78, 5) is 10.9. The van der Waals surface area contributed by atoms with Gasteiger partial charge in [0, 0.05) is 6.54 Å². The maximum Gasteiger partial charge on any atom is 0.264 e. The van der Waals surface area contributed by atoms with Crippen molar-refractivity contribution < 1.29 is 22.9 Å². The van der Waals surface area contributed by atoms with Gasteiger partial charge in [0.1, 0.15) is 6.04 Å². The number of nitrogens with one attached hydrogen (secondary N) is 1. The second kappa shape index (κ2) is 5.91. The first kappa shape index (κ1) is 13.3. The molecule has 0 fully saturated rings. The van der Waals surface area contributed by atoms with E-state index in [2.05, 4.69) is 5.32 Å². The molecule has 8 heteroatoms. The van der Waals surface area contributed by atoms with Crippen LogP contribution in [0.5, 0.6) is 0 Å². The Morgan fingerprint density at radius 3 is 2.50 bits per heavy atom. The van der Waals surface area contributed by atoms with Crippen molar-refractivity contribution in [3.05, 3.63) is 0 Å². The van der Waals surface area contributed by atoms with E-state index in [0.29, 0.717) is 0 Å². The van der Waals surface area contributed by atoms with Crippen LogP contribution in [0, 0.1) is 0 Å². The Bertz CT molecular complexity index is 276. The van der Waals surface area contributed by atoms with Crippen LogP contribution in [0.1, 0.15) is 6.42 Å². The molecule has 0 saturated carbocycles. The summed E-state index contributed by atoms with van der Waals surface area (Å²) in [6.07, 6.45) is 0.0999. The summed E-state index contributed by atoms with van der Waals surface area (Å²) in [6.45, 7) is -0.379. The maximum atomic E-state index is 10.9. The summed E-state index contributed by atoms with van der Waals surface area (Å²) in [5.74, 6) is -0.968. The molecule has 0 aromatic carbocycles. The molecule has 0 aliphatic carbocycles. The van der Waals surface area contributed by atoms with E-state index in [0.717, 1.165) is 0 Å². The summed E-state index contributed by atoms with van der Waals surface area (Å²) in [5, 5.41) is 10.8. The highest BCUT2D eigenvalue weighted by Crippen LogP contribution is 1.87. The van der Waals surface area contributed by atoms with E-state index in [9.17, 15) is 13.2 Å². The molecule has 0 aliphatic rings. The molecule has 0 unspecified atom stereocenters. The van der Waals surface area contributed by atoms with Gasteiger partial charge in [0.2, 0.25) is 5.91 Å². The van der Waals surface area contributed by atoms with Crippen LogP contribution < -0.4 is 11.1 Å². The van der Waals surface area contributed by atoms with Crippen molar-refractivity contribution >= 4 is 16.0 Å². The predicted molar refractivity (Wildman–Crippen MR) is 49.1 cm³/mol. The Morgan fingerprint density at radius 2 is 2.07 bits per heavy atom. The molecule has 1 amide bonds. The lowest BCUT2D eigenvalue weighted by Crippen LogP contribution is -2.43. The molecule has 0 aromatic heterocycles. The highest BCUT2D eigenvalue weighted by Gasteiger charge is 2.11. The lowest BCUT2D eigenvalue weighted by molar-refractivity contribution is -0.123. The van der Waals surface area contributed by atoms with E-state index in [1.165, 1.54) is 0 Å². The number of aliphatic hydroxyl groups is 1. The Hall–Kier alpha value is -0.700. The van der Waals surface area contributed by atoms with E-state index in [1.54, 1.807) is 0 Å². The van der Waals surface area contributed by atoms with E-state index in [1.807, 2.05) is 0 Å². The lowest BCUT2D eigenvalue weighted by Gasteiger charge is -2.08. The van der Waals surface area contributed by atoms with Crippen LogP contribution in [0.2, 0.25) is 0 Å². The molecule has 0 saturated heterocycles. The van der Waals surface area contributed by atoms with Crippen molar-refractivity contribution in [3.63, 3.8) is 0 Å². The standard InChI is InChI=1S/C6H14N2O5S/c7-5(4-9)6(10)8-2-1-3-14(11,12)13/h5,9H,1-4,7H2,(H,8,10)(H,11,12,13)/t5-/m0/s1. The number of nitrogens with two attached hydrogens (primary N) is 1. The van der Waals surface area contributed by atoms with Gasteiger partial charge >= 0.3 is 0 Å². The highest BCUT2D eigenvalue weighted by molar-refractivity contribution is 7.85. The fraction of sp³-hybridized carbons (Fsp3) is 0.833. The van der Waals surface area contributed by atoms with E-state index in [4.69, 9.17) is 15.4 Å². The van der Waals surface area contributed by atoms with Gasteiger partial charge in [0.25, 0.3) is 10.1 Å². The molecule has 5 N–H and O–H groups in total. The summed E-state index contributed by atoms with van der Waals surface area (Å²) in [6, 6.07) is -0.999. The number of aliphatic hydroxyl groups excluding tert-OH is 1. The first-order valence-electron chi connectivity index (χ1n) is 3.96. The van der Waals surface area contributed by atoms with Gasteiger partial charge in [-0.3, -0.25) is 9.35 Å². The van der Waals surface area contributed by atoms with Crippen molar-refractivity contribution in [1.29, 1.82) is 0 Å². The minimum atomic E-state index is -3.98. The molecule has 0 aliphatic heterocycles. The smallest absolute Gasteiger partial charge is 0.264 e. The summed E-state index contributed by atoms with van der Waals surface area (Å²) >= 11 is 0. The van der Waals surface area contributed by atoms with Crippen LogP contribution in [0.3, 0.4) is 0 Å². The van der Waals surface area contributed by atoms with Crippen molar-refractivity contribution in [1.82, 2.24) is 5.32 Å². The van der Waals surface area contributed by atoms with Crippen LogP contribution in [-0.4, -0.2) is 48.9 Å². The zero-order valence-corrected chi connectivity index (χ0v) is 8.33. The van der Waals surface area contributed by atoms with Crippen LogP contribution in [-0.2, 0) is 14.9 Å². The number of hydrogen-bond acceptors (Lipinski definition) is 5. The molecule has 0 rings (SSSR count). The summed E-state index contributed by atoms with van der Waals surface area (Å²) in [7, 11) is -3.98. The van der Waals surface area contributed by atoms with Gasteiger partial charge in [-0.25, -0.2) is 0 Å². The van der Waals surface area contributed by atoms with Crippen LogP contribution in [0.15, 0.2) is 0 Å². The molecule has 0 aromatic rings. The average molecular weight is 226 g/mol. The fourth-order valence-corrected chi connectivity index (χ4v) is 1.19. The summed E-state index contributed by atoms with van der Waals surface area (Å²) in [5.41, 5.74) is 5.15. The van der Waals surface area contributed by atoms with E-state index < -0.39 is 34.4 Å². The fourth-order valence-electron chi connectivity index (χ4n) is 0.680. The maximum absolute atomic E-state index is 10.9. The second-order valence-corrected chi connectivity index (χ2v) is 4.29. The zero-order valence-electron chi connectivity index (χ0n) is 7.51. The first-order chi connectivity index (χ1) is 6.37. The zero-order chi connectivity index (χ0) is 11.2.